The van der Waals surface area contributed by atoms with E-state index in [1.165, 1.54) is 11.8 Å². The van der Waals surface area contributed by atoms with Crippen LogP contribution in [0, 0.1) is 0 Å². The third-order valence-corrected chi connectivity index (χ3v) is 6.21. The number of likely N-dealkylation sites (tertiary alicyclic amines) is 1. The SMILES string of the molecule is CC(=O)OCC(=O)[C@H]1CC[C@@H](C(=O)[C@@H]2CCC(C)N2)N1C(=O)CCCc1ccccc1. The number of carbonyl (C=O) groups is 4. The third kappa shape index (κ3) is 6.00. The van der Waals surface area contributed by atoms with Gasteiger partial charge in [0.1, 0.15) is 0 Å². The molecule has 1 amide bonds. The van der Waals surface area contributed by atoms with Crippen LogP contribution in [-0.2, 0) is 30.3 Å². The van der Waals surface area contributed by atoms with Crippen molar-refractivity contribution in [2.45, 2.75) is 83.0 Å². The topological polar surface area (TPSA) is 92.8 Å². The maximum atomic E-state index is 13.2. The molecule has 31 heavy (non-hydrogen) atoms. The van der Waals surface area contributed by atoms with E-state index in [9.17, 15) is 19.2 Å². The minimum absolute atomic E-state index is 0.0106. The molecule has 168 valence electrons. The van der Waals surface area contributed by atoms with Crippen LogP contribution in [0.1, 0.15) is 57.9 Å². The first kappa shape index (κ1) is 23.1. The van der Waals surface area contributed by atoms with E-state index < -0.39 is 18.1 Å². The Hall–Kier alpha value is -2.54. The van der Waals surface area contributed by atoms with Crippen molar-refractivity contribution < 1.29 is 23.9 Å². The Morgan fingerprint density at radius 1 is 1.03 bits per heavy atom. The molecule has 0 aliphatic carbocycles. The number of amides is 1. The summed E-state index contributed by atoms with van der Waals surface area (Å²) in [5.41, 5.74) is 1.15. The van der Waals surface area contributed by atoms with E-state index in [1.54, 1.807) is 0 Å². The molecule has 1 aromatic carbocycles. The summed E-state index contributed by atoms with van der Waals surface area (Å²) in [7, 11) is 0. The highest BCUT2D eigenvalue weighted by Gasteiger charge is 2.46. The molecule has 1 unspecified atom stereocenters. The van der Waals surface area contributed by atoms with E-state index in [-0.39, 0.29) is 42.6 Å². The molecule has 7 nitrogen and oxygen atoms in total. The first-order chi connectivity index (χ1) is 14.9. The molecule has 0 aromatic heterocycles. The van der Waals surface area contributed by atoms with E-state index in [0.29, 0.717) is 19.3 Å². The molecule has 0 saturated carbocycles. The predicted octanol–water partition coefficient (Wildman–Crippen LogP) is 2.21. The van der Waals surface area contributed by atoms with Gasteiger partial charge < -0.3 is 15.0 Å². The van der Waals surface area contributed by atoms with Gasteiger partial charge in [0.05, 0.1) is 18.1 Å². The molecule has 2 fully saturated rings. The highest BCUT2D eigenvalue weighted by molar-refractivity contribution is 5.97. The monoisotopic (exact) mass is 428 g/mol. The Kier molecular flexibility index (Phi) is 7.96. The molecular formula is C24H32N2O5. The fourth-order valence-corrected chi connectivity index (χ4v) is 4.62. The lowest BCUT2D eigenvalue weighted by Crippen LogP contribution is -2.52. The number of hydrogen-bond donors (Lipinski definition) is 1. The molecular weight excluding hydrogens is 396 g/mol. The average molecular weight is 429 g/mol. The molecule has 0 spiro atoms. The number of rotatable bonds is 9. The summed E-state index contributed by atoms with van der Waals surface area (Å²) in [5, 5.41) is 3.30. The van der Waals surface area contributed by atoms with Gasteiger partial charge >= 0.3 is 5.97 Å². The molecule has 2 aliphatic heterocycles. The van der Waals surface area contributed by atoms with Crippen LogP contribution in [0.15, 0.2) is 30.3 Å². The largest absolute Gasteiger partial charge is 0.458 e. The van der Waals surface area contributed by atoms with Crippen LogP contribution >= 0.6 is 0 Å². The molecule has 7 heteroatoms. The van der Waals surface area contributed by atoms with Gasteiger partial charge in [-0.15, -0.1) is 0 Å². The van der Waals surface area contributed by atoms with Gasteiger partial charge in [0, 0.05) is 19.4 Å². The standard InChI is InChI=1S/C24H32N2O5/c1-16-11-12-19(25-16)24(30)21-14-13-20(22(28)15-31-17(2)27)26(21)23(29)10-6-9-18-7-4-3-5-8-18/h3-5,7-8,16,19-21,25H,6,9-15H2,1-2H3/t16?,19-,20+,21-/m0/s1. The fourth-order valence-electron chi connectivity index (χ4n) is 4.62. The highest BCUT2D eigenvalue weighted by Crippen LogP contribution is 2.29. The Morgan fingerprint density at radius 3 is 2.39 bits per heavy atom. The number of hydrogen-bond acceptors (Lipinski definition) is 6. The van der Waals surface area contributed by atoms with Gasteiger partial charge in [-0.1, -0.05) is 30.3 Å². The maximum absolute atomic E-state index is 13.2. The number of carbonyl (C=O) groups excluding carboxylic acids is 4. The second kappa shape index (κ2) is 10.7. The molecule has 1 aromatic rings. The van der Waals surface area contributed by atoms with Crippen LogP contribution in [0.2, 0.25) is 0 Å². The van der Waals surface area contributed by atoms with E-state index in [1.807, 2.05) is 37.3 Å². The molecule has 4 atom stereocenters. The molecule has 2 saturated heterocycles. The first-order valence-electron chi connectivity index (χ1n) is 11.2. The summed E-state index contributed by atoms with van der Waals surface area (Å²) in [4.78, 5) is 51.7. The second-order valence-electron chi connectivity index (χ2n) is 8.60. The lowest BCUT2D eigenvalue weighted by atomic mass is 10.0. The van der Waals surface area contributed by atoms with Crippen molar-refractivity contribution in [2.75, 3.05) is 6.61 Å². The Bertz CT molecular complexity index is 809. The van der Waals surface area contributed by atoms with Gasteiger partial charge in [-0.05, 0) is 51.0 Å². The highest BCUT2D eigenvalue weighted by atomic mass is 16.5. The van der Waals surface area contributed by atoms with Gasteiger partial charge in [-0.2, -0.15) is 0 Å². The van der Waals surface area contributed by atoms with Crippen molar-refractivity contribution in [1.29, 1.82) is 0 Å². The number of esters is 1. The van der Waals surface area contributed by atoms with Crippen LogP contribution in [0.5, 0.6) is 0 Å². The van der Waals surface area contributed by atoms with Gasteiger partial charge in [0.15, 0.2) is 18.2 Å². The molecule has 0 bridgehead atoms. The van der Waals surface area contributed by atoms with Crippen molar-refractivity contribution in [3.05, 3.63) is 35.9 Å². The summed E-state index contributed by atoms with van der Waals surface area (Å²) < 4.78 is 4.87. The summed E-state index contributed by atoms with van der Waals surface area (Å²) in [6.07, 6.45) is 4.22. The zero-order chi connectivity index (χ0) is 22.4. The average Bonchev–Trinajstić information content (AvgIpc) is 3.39. The van der Waals surface area contributed by atoms with Crippen molar-refractivity contribution in [1.82, 2.24) is 10.2 Å². The number of ether oxygens (including phenoxy) is 1. The number of nitrogens with zero attached hydrogens (tertiary/aromatic N) is 1. The number of Topliss-reactive ketones (excluding diaryl/α,β-unsaturated/α-hetero) is 2. The van der Waals surface area contributed by atoms with Gasteiger partial charge in [0.25, 0.3) is 0 Å². The van der Waals surface area contributed by atoms with Crippen LogP contribution < -0.4 is 5.32 Å². The Balaban J connectivity index is 1.68. The van der Waals surface area contributed by atoms with Gasteiger partial charge in [-0.25, -0.2) is 0 Å². The van der Waals surface area contributed by atoms with Crippen LogP contribution in [0.4, 0.5) is 0 Å². The molecule has 3 rings (SSSR count). The number of benzene rings is 1. The minimum atomic E-state index is -0.712. The van der Waals surface area contributed by atoms with Crippen molar-refractivity contribution in [3.63, 3.8) is 0 Å². The smallest absolute Gasteiger partial charge is 0.303 e. The summed E-state index contributed by atoms with van der Waals surface area (Å²) in [6, 6.07) is 8.60. The summed E-state index contributed by atoms with van der Waals surface area (Å²) in [6.45, 7) is 2.92. The van der Waals surface area contributed by atoms with Crippen molar-refractivity contribution >= 4 is 23.4 Å². The normalized spacial score (nSPS) is 25.4. The van der Waals surface area contributed by atoms with Crippen molar-refractivity contribution in [3.8, 4) is 0 Å². The van der Waals surface area contributed by atoms with Crippen LogP contribution in [0.25, 0.3) is 0 Å². The fraction of sp³-hybridized carbons (Fsp3) is 0.583. The first-order valence-corrected chi connectivity index (χ1v) is 11.2. The zero-order valence-electron chi connectivity index (χ0n) is 18.3. The molecule has 0 radical (unpaired) electrons. The summed E-state index contributed by atoms with van der Waals surface area (Å²) in [5.74, 6) is -1.05. The van der Waals surface area contributed by atoms with E-state index in [4.69, 9.17) is 4.74 Å². The second-order valence-corrected chi connectivity index (χ2v) is 8.60. The third-order valence-electron chi connectivity index (χ3n) is 6.21. The van der Waals surface area contributed by atoms with Crippen molar-refractivity contribution in [2.24, 2.45) is 0 Å². The number of nitrogens with one attached hydrogen (secondary N) is 1. The minimum Gasteiger partial charge on any atom is -0.458 e. The molecule has 2 aliphatic rings. The predicted molar refractivity (Wildman–Crippen MR) is 115 cm³/mol. The lowest BCUT2D eigenvalue weighted by Gasteiger charge is -2.30. The van der Waals surface area contributed by atoms with Gasteiger partial charge in [-0.3, -0.25) is 19.2 Å². The summed E-state index contributed by atoms with van der Waals surface area (Å²) >= 11 is 0. The Labute approximate surface area is 183 Å². The lowest BCUT2D eigenvalue weighted by molar-refractivity contribution is -0.150. The van der Waals surface area contributed by atoms with E-state index >= 15 is 0 Å². The Morgan fingerprint density at radius 2 is 1.74 bits per heavy atom. The van der Waals surface area contributed by atoms with Gasteiger partial charge in [0.2, 0.25) is 5.91 Å². The number of ketones is 2. The maximum Gasteiger partial charge on any atom is 0.303 e. The molecule has 1 N–H and O–H groups in total. The van der Waals surface area contributed by atoms with E-state index in [2.05, 4.69) is 5.32 Å². The zero-order valence-corrected chi connectivity index (χ0v) is 18.3. The molecule has 2 heterocycles. The van der Waals surface area contributed by atoms with E-state index in [0.717, 1.165) is 24.8 Å². The van der Waals surface area contributed by atoms with Crippen LogP contribution in [0.3, 0.4) is 0 Å². The number of aryl methyl sites for hydroxylation is 1. The van der Waals surface area contributed by atoms with Crippen LogP contribution in [-0.4, -0.2) is 59.1 Å². The quantitative estimate of drug-likeness (QED) is 0.606.